The summed E-state index contributed by atoms with van der Waals surface area (Å²) in [5.41, 5.74) is 0.686. The Labute approximate surface area is 163 Å². The minimum absolute atomic E-state index is 0.0829. The standard InChI is InChI=1S/C19H28BrN3O3/c1-19(2,3)26-18(25)23-11-8-16(9-12-23)22-17(24)21-10-7-14-5-4-6-15(20)13-14/h4-6,13,16H,7-12H2,1-3H3,(H2,21,22,24). The highest BCUT2D eigenvalue weighted by molar-refractivity contribution is 9.10. The van der Waals surface area contributed by atoms with Crippen LogP contribution in [0.4, 0.5) is 9.59 Å². The molecular weight excluding hydrogens is 398 g/mol. The van der Waals surface area contributed by atoms with Crippen LogP contribution in [-0.4, -0.2) is 48.3 Å². The van der Waals surface area contributed by atoms with E-state index >= 15 is 0 Å². The second-order valence-corrected chi connectivity index (χ2v) is 8.44. The van der Waals surface area contributed by atoms with Gasteiger partial charge in [-0.2, -0.15) is 0 Å². The fourth-order valence-electron chi connectivity index (χ4n) is 2.78. The van der Waals surface area contributed by atoms with E-state index in [9.17, 15) is 9.59 Å². The molecule has 0 aromatic heterocycles. The highest BCUT2D eigenvalue weighted by atomic mass is 79.9. The Hall–Kier alpha value is -1.76. The second-order valence-electron chi connectivity index (χ2n) is 7.52. The van der Waals surface area contributed by atoms with Gasteiger partial charge >= 0.3 is 12.1 Å². The number of hydrogen-bond donors (Lipinski definition) is 2. The summed E-state index contributed by atoms with van der Waals surface area (Å²) in [5.74, 6) is 0. The molecule has 1 aliphatic rings. The van der Waals surface area contributed by atoms with Crippen molar-refractivity contribution < 1.29 is 14.3 Å². The normalized spacial score (nSPS) is 15.5. The first-order valence-corrected chi connectivity index (χ1v) is 9.79. The fraction of sp³-hybridized carbons (Fsp3) is 0.579. The molecule has 26 heavy (non-hydrogen) atoms. The van der Waals surface area contributed by atoms with Gasteiger partial charge in [-0.25, -0.2) is 9.59 Å². The summed E-state index contributed by atoms with van der Waals surface area (Å²) < 4.78 is 6.42. The number of likely N-dealkylation sites (tertiary alicyclic amines) is 1. The predicted octanol–water partition coefficient (Wildman–Crippen LogP) is 3.69. The number of piperidine rings is 1. The van der Waals surface area contributed by atoms with Crippen LogP contribution in [0.15, 0.2) is 28.7 Å². The number of rotatable bonds is 4. The molecule has 0 unspecified atom stereocenters. The summed E-state index contributed by atoms with van der Waals surface area (Å²) in [7, 11) is 0. The van der Waals surface area contributed by atoms with Crippen LogP contribution in [0.1, 0.15) is 39.2 Å². The largest absolute Gasteiger partial charge is 0.444 e. The summed E-state index contributed by atoms with van der Waals surface area (Å²) in [6.45, 7) is 7.35. The zero-order valence-electron chi connectivity index (χ0n) is 15.7. The number of urea groups is 1. The van der Waals surface area contributed by atoms with Gasteiger partial charge in [0.2, 0.25) is 0 Å². The molecule has 144 valence electrons. The van der Waals surface area contributed by atoms with Gasteiger partial charge in [0.15, 0.2) is 0 Å². The Balaban J connectivity index is 1.65. The van der Waals surface area contributed by atoms with Crippen molar-refractivity contribution in [3.05, 3.63) is 34.3 Å². The molecule has 0 radical (unpaired) electrons. The van der Waals surface area contributed by atoms with E-state index in [0.717, 1.165) is 23.7 Å². The van der Waals surface area contributed by atoms with E-state index in [2.05, 4.69) is 26.6 Å². The van der Waals surface area contributed by atoms with Gasteiger partial charge in [0.1, 0.15) is 5.60 Å². The van der Waals surface area contributed by atoms with Crippen molar-refractivity contribution in [2.24, 2.45) is 0 Å². The SMILES string of the molecule is CC(C)(C)OC(=O)N1CCC(NC(=O)NCCc2cccc(Br)c2)CC1. The van der Waals surface area contributed by atoms with E-state index in [4.69, 9.17) is 4.74 Å². The van der Waals surface area contributed by atoms with Crippen molar-refractivity contribution in [1.29, 1.82) is 0 Å². The van der Waals surface area contributed by atoms with Crippen molar-refractivity contribution in [2.75, 3.05) is 19.6 Å². The van der Waals surface area contributed by atoms with Gasteiger partial charge in [0.05, 0.1) is 0 Å². The monoisotopic (exact) mass is 425 g/mol. The number of nitrogens with zero attached hydrogens (tertiary/aromatic N) is 1. The lowest BCUT2D eigenvalue weighted by Crippen LogP contribution is -2.50. The minimum atomic E-state index is -0.486. The summed E-state index contributed by atoms with van der Waals surface area (Å²) in [6, 6.07) is 7.98. The molecule has 1 aliphatic heterocycles. The summed E-state index contributed by atoms with van der Waals surface area (Å²) >= 11 is 3.44. The van der Waals surface area contributed by atoms with Crippen LogP contribution in [-0.2, 0) is 11.2 Å². The number of hydrogen-bond acceptors (Lipinski definition) is 3. The third-order valence-corrected chi connectivity index (χ3v) is 4.56. The molecule has 2 rings (SSSR count). The molecule has 0 spiro atoms. The second kappa shape index (κ2) is 9.26. The third-order valence-electron chi connectivity index (χ3n) is 4.07. The van der Waals surface area contributed by atoms with E-state index < -0.39 is 5.60 Å². The molecule has 3 amide bonds. The molecule has 7 heteroatoms. The maximum atomic E-state index is 12.0. The van der Waals surface area contributed by atoms with Crippen molar-refractivity contribution in [2.45, 2.75) is 51.7 Å². The van der Waals surface area contributed by atoms with Crippen LogP contribution in [0, 0.1) is 0 Å². The quantitative estimate of drug-likeness (QED) is 0.772. The Kier molecular flexibility index (Phi) is 7.32. The maximum Gasteiger partial charge on any atom is 0.410 e. The van der Waals surface area contributed by atoms with Crippen LogP contribution in [0.3, 0.4) is 0 Å². The average molecular weight is 426 g/mol. The summed E-state index contributed by atoms with van der Waals surface area (Å²) in [4.78, 5) is 25.8. The summed E-state index contributed by atoms with van der Waals surface area (Å²) in [5, 5.41) is 5.88. The van der Waals surface area contributed by atoms with Crippen LogP contribution in [0.5, 0.6) is 0 Å². The molecule has 1 aromatic rings. The molecule has 1 aromatic carbocycles. The smallest absolute Gasteiger partial charge is 0.410 e. The van der Waals surface area contributed by atoms with Crippen molar-refractivity contribution in [3.8, 4) is 0 Å². The van der Waals surface area contributed by atoms with Crippen molar-refractivity contribution in [1.82, 2.24) is 15.5 Å². The number of carbonyl (C=O) groups excluding carboxylic acids is 2. The number of ether oxygens (including phenoxy) is 1. The van der Waals surface area contributed by atoms with E-state index in [0.29, 0.717) is 19.6 Å². The molecule has 1 fully saturated rings. The lowest BCUT2D eigenvalue weighted by atomic mass is 10.1. The number of amides is 3. The molecule has 0 saturated carbocycles. The van der Waals surface area contributed by atoms with Crippen molar-refractivity contribution in [3.63, 3.8) is 0 Å². The molecule has 0 aliphatic carbocycles. The van der Waals surface area contributed by atoms with Gasteiger partial charge in [0.25, 0.3) is 0 Å². The summed E-state index contributed by atoms with van der Waals surface area (Å²) in [6.07, 6.45) is 1.97. The van der Waals surface area contributed by atoms with Gasteiger partial charge < -0.3 is 20.3 Å². The molecular formula is C19H28BrN3O3. The lowest BCUT2D eigenvalue weighted by Gasteiger charge is -2.33. The number of nitrogens with one attached hydrogen (secondary N) is 2. The lowest BCUT2D eigenvalue weighted by molar-refractivity contribution is 0.0201. The first-order valence-electron chi connectivity index (χ1n) is 9.00. The maximum absolute atomic E-state index is 12.0. The number of halogens is 1. The fourth-order valence-corrected chi connectivity index (χ4v) is 3.23. The topological polar surface area (TPSA) is 70.7 Å². The van der Waals surface area contributed by atoms with Gasteiger partial charge in [-0.05, 0) is 57.7 Å². The first kappa shape index (κ1) is 20.6. The van der Waals surface area contributed by atoms with Gasteiger partial charge in [-0.15, -0.1) is 0 Å². The zero-order chi connectivity index (χ0) is 19.2. The van der Waals surface area contributed by atoms with Gasteiger partial charge in [0, 0.05) is 30.1 Å². The van der Waals surface area contributed by atoms with Gasteiger partial charge in [-0.1, -0.05) is 28.1 Å². The molecule has 6 nitrogen and oxygen atoms in total. The molecule has 0 bridgehead atoms. The van der Waals surface area contributed by atoms with E-state index in [1.54, 1.807) is 4.90 Å². The highest BCUT2D eigenvalue weighted by Crippen LogP contribution is 2.15. The van der Waals surface area contributed by atoms with Gasteiger partial charge in [-0.3, -0.25) is 0 Å². The van der Waals surface area contributed by atoms with E-state index in [1.807, 2.05) is 45.0 Å². The van der Waals surface area contributed by atoms with Crippen LogP contribution in [0.2, 0.25) is 0 Å². The Morgan fingerprint density at radius 1 is 1.27 bits per heavy atom. The molecule has 1 heterocycles. The predicted molar refractivity (Wildman–Crippen MR) is 105 cm³/mol. The molecule has 0 atom stereocenters. The Bertz CT molecular complexity index is 623. The van der Waals surface area contributed by atoms with Crippen LogP contribution >= 0.6 is 15.9 Å². The average Bonchev–Trinajstić information content (AvgIpc) is 2.54. The first-order chi connectivity index (χ1) is 12.2. The zero-order valence-corrected chi connectivity index (χ0v) is 17.3. The Morgan fingerprint density at radius 2 is 1.96 bits per heavy atom. The van der Waals surface area contributed by atoms with E-state index in [-0.39, 0.29) is 18.2 Å². The third kappa shape index (κ3) is 7.23. The highest BCUT2D eigenvalue weighted by Gasteiger charge is 2.27. The molecule has 2 N–H and O–H groups in total. The van der Waals surface area contributed by atoms with Crippen LogP contribution < -0.4 is 10.6 Å². The van der Waals surface area contributed by atoms with Crippen LogP contribution in [0.25, 0.3) is 0 Å². The number of carbonyl (C=O) groups is 2. The van der Waals surface area contributed by atoms with E-state index in [1.165, 1.54) is 5.56 Å². The molecule has 1 saturated heterocycles. The minimum Gasteiger partial charge on any atom is -0.444 e. The number of benzene rings is 1. The Morgan fingerprint density at radius 3 is 2.58 bits per heavy atom. The van der Waals surface area contributed by atoms with Crippen molar-refractivity contribution >= 4 is 28.1 Å².